The maximum atomic E-state index is 12.5. The van der Waals surface area contributed by atoms with Crippen molar-refractivity contribution in [2.75, 3.05) is 13.7 Å². The van der Waals surface area contributed by atoms with Gasteiger partial charge >= 0.3 is 6.03 Å². The minimum atomic E-state index is -0.742. The summed E-state index contributed by atoms with van der Waals surface area (Å²) in [5.74, 6) is 0.685. The van der Waals surface area contributed by atoms with E-state index < -0.39 is 12.1 Å². The average molecular weight is 290 g/mol. The number of nitrogens with one attached hydrogen (secondary N) is 2. The van der Waals surface area contributed by atoms with E-state index in [2.05, 4.69) is 10.6 Å². The highest BCUT2D eigenvalue weighted by atomic mass is 16.5. The van der Waals surface area contributed by atoms with E-state index in [0.717, 1.165) is 0 Å². The molecule has 2 amide bonds. The molecule has 0 saturated carbocycles. The van der Waals surface area contributed by atoms with Crippen LogP contribution in [0.4, 0.5) is 4.79 Å². The molecule has 0 radical (unpaired) electrons. The quantitative estimate of drug-likeness (QED) is 0.887. The Hall–Kier alpha value is -2.50. The Labute approximate surface area is 123 Å². The number of carbonyl (C=O) groups is 2. The number of methoxy groups -OCH3 is 1. The Morgan fingerprint density at radius 1 is 1.19 bits per heavy atom. The molecule has 1 unspecified atom stereocenters. The summed E-state index contributed by atoms with van der Waals surface area (Å²) in [4.78, 5) is 24.4. The van der Waals surface area contributed by atoms with Gasteiger partial charge in [-0.05, 0) is 31.5 Å². The van der Waals surface area contributed by atoms with Gasteiger partial charge in [0.2, 0.25) is 5.88 Å². The zero-order valence-electron chi connectivity index (χ0n) is 12.2. The molecule has 112 valence electrons. The molecule has 1 aliphatic rings. The van der Waals surface area contributed by atoms with E-state index in [4.69, 9.17) is 9.47 Å². The number of Topliss-reactive ketones (excluding diaryl/α,β-unsaturated/α-hetero) is 1. The van der Waals surface area contributed by atoms with E-state index in [0.29, 0.717) is 23.5 Å². The standard InChI is InChI=1S/C15H18N2O4/c1-4-21-14-9(2)13(18)12(16-15(19)17-14)10-5-7-11(20-3)8-6-10/h5-8,12H,4H2,1-3H3,(H2,16,17,19). The molecule has 0 spiro atoms. The molecule has 1 aromatic rings. The molecule has 1 heterocycles. The molecule has 1 aromatic carbocycles. The van der Waals surface area contributed by atoms with Gasteiger partial charge in [-0.15, -0.1) is 0 Å². The van der Waals surface area contributed by atoms with Crippen LogP contribution in [0.25, 0.3) is 0 Å². The number of urea groups is 1. The number of hydrogen-bond donors (Lipinski definition) is 2. The Morgan fingerprint density at radius 2 is 1.86 bits per heavy atom. The number of benzene rings is 1. The van der Waals surface area contributed by atoms with Crippen LogP contribution in [0.15, 0.2) is 35.7 Å². The van der Waals surface area contributed by atoms with Crippen LogP contribution in [-0.2, 0) is 9.53 Å². The highest BCUT2D eigenvalue weighted by molar-refractivity contribution is 6.03. The van der Waals surface area contributed by atoms with Crippen LogP contribution in [0.5, 0.6) is 5.75 Å². The first-order valence-corrected chi connectivity index (χ1v) is 6.66. The van der Waals surface area contributed by atoms with E-state index in [1.54, 1.807) is 45.2 Å². The highest BCUT2D eigenvalue weighted by Crippen LogP contribution is 2.23. The topological polar surface area (TPSA) is 76.7 Å². The first kappa shape index (κ1) is 14.9. The number of rotatable bonds is 4. The second-order valence-electron chi connectivity index (χ2n) is 4.56. The molecule has 6 nitrogen and oxygen atoms in total. The third kappa shape index (κ3) is 3.16. The molecule has 0 fully saturated rings. The lowest BCUT2D eigenvalue weighted by atomic mass is 9.98. The predicted molar refractivity (Wildman–Crippen MR) is 76.7 cm³/mol. The molecule has 2 N–H and O–H groups in total. The van der Waals surface area contributed by atoms with E-state index >= 15 is 0 Å². The Balaban J connectivity index is 2.34. The lowest BCUT2D eigenvalue weighted by Gasteiger charge is -2.15. The van der Waals surface area contributed by atoms with Crippen molar-refractivity contribution in [1.82, 2.24) is 10.6 Å². The average Bonchev–Trinajstić information content (AvgIpc) is 2.60. The van der Waals surface area contributed by atoms with Crippen molar-refractivity contribution in [3.63, 3.8) is 0 Å². The number of amides is 2. The molecular formula is C15H18N2O4. The van der Waals surface area contributed by atoms with Crippen LogP contribution < -0.4 is 15.4 Å². The van der Waals surface area contributed by atoms with E-state index in [1.807, 2.05) is 0 Å². The van der Waals surface area contributed by atoms with Crippen LogP contribution in [0.1, 0.15) is 25.5 Å². The van der Waals surface area contributed by atoms with Crippen molar-refractivity contribution in [2.24, 2.45) is 0 Å². The zero-order chi connectivity index (χ0) is 15.4. The van der Waals surface area contributed by atoms with Crippen molar-refractivity contribution in [2.45, 2.75) is 19.9 Å². The van der Waals surface area contributed by atoms with Crippen molar-refractivity contribution in [3.8, 4) is 5.75 Å². The predicted octanol–water partition coefficient (Wildman–Crippen LogP) is 1.89. The Morgan fingerprint density at radius 3 is 2.43 bits per heavy atom. The first-order valence-electron chi connectivity index (χ1n) is 6.66. The van der Waals surface area contributed by atoms with E-state index in [1.165, 1.54) is 0 Å². The fourth-order valence-corrected chi connectivity index (χ4v) is 2.08. The normalized spacial score (nSPS) is 18.7. The third-order valence-electron chi connectivity index (χ3n) is 3.21. The Kier molecular flexibility index (Phi) is 4.47. The number of carbonyl (C=O) groups excluding carboxylic acids is 2. The fraction of sp³-hybridized carbons (Fsp3) is 0.333. The van der Waals surface area contributed by atoms with Gasteiger partial charge < -0.3 is 14.8 Å². The SMILES string of the molecule is CCOC1=C(C)C(=O)C(c2ccc(OC)cc2)NC(=O)N1. The minimum Gasteiger partial charge on any atom is -0.497 e. The minimum absolute atomic E-state index is 0.205. The van der Waals surface area contributed by atoms with Gasteiger partial charge in [-0.25, -0.2) is 4.79 Å². The van der Waals surface area contributed by atoms with Gasteiger partial charge in [0, 0.05) is 0 Å². The van der Waals surface area contributed by atoms with Gasteiger partial charge in [0.1, 0.15) is 11.8 Å². The highest BCUT2D eigenvalue weighted by Gasteiger charge is 2.30. The van der Waals surface area contributed by atoms with Gasteiger partial charge in [-0.3, -0.25) is 10.1 Å². The second kappa shape index (κ2) is 6.30. The van der Waals surface area contributed by atoms with Gasteiger partial charge in [-0.1, -0.05) is 12.1 Å². The Bertz CT molecular complexity index is 578. The van der Waals surface area contributed by atoms with Gasteiger partial charge in [0.25, 0.3) is 0 Å². The molecule has 1 atom stereocenters. The molecule has 0 aliphatic carbocycles. The molecule has 2 rings (SSSR count). The maximum absolute atomic E-state index is 12.5. The number of hydrogen-bond acceptors (Lipinski definition) is 4. The van der Waals surface area contributed by atoms with Crippen LogP contribution in [-0.4, -0.2) is 25.5 Å². The van der Waals surface area contributed by atoms with Crippen molar-refractivity contribution in [1.29, 1.82) is 0 Å². The monoisotopic (exact) mass is 290 g/mol. The van der Waals surface area contributed by atoms with Crippen molar-refractivity contribution >= 4 is 11.8 Å². The molecule has 6 heteroatoms. The van der Waals surface area contributed by atoms with Gasteiger partial charge in [0.05, 0.1) is 19.3 Å². The fourth-order valence-electron chi connectivity index (χ4n) is 2.08. The van der Waals surface area contributed by atoms with Gasteiger partial charge in [0.15, 0.2) is 5.78 Å². The molecule has 0 aromatic heterocycles. The van der Waals surface area contributed by atoms with Gasteiger partial charge in [-0.2, -0.15) is 0 Å². The first-order chi connectivity index (χ1) is 10.1. The smallest absolute Gasteiger partial charge is 0.322 e. The van der Waals surface area contributed by atoms with Crippen molar-refractivity contribution < 1.29 is 19.1 Å². The molecule has 1 aliphatic heterocycles. The van der Waals surface area contributed by atoms with Crippen LogP contribution in [0.3, 0.4) is 0 Å². The summed E-state index contributed by atoms with van der Waals surface area (Å²) in [6.45, 7) is 3.79. The second-order valence-corrected chi connectivity index (χ2v) is 4.56. The maximum Gasteiger partial charge on any atom is 0.322 e. The summed E-state index contributed by atoms with van der Waals surface area (Å²) in [7, 11) is 1.57. The lowest BCUT2D eigenvalue weighted by Crippen LogP contribution is -2.37. The lowest BCUT2D eigenvalue weighted by molar-refractivity contribution is -0.117. The summed E-state index contributed by atoms with van der Waals surface area (Å²) < 4.78 is 10.4. The van der Waals surface area contributed by atoms with Crippen LogP contribution >= 0.6 is 0 Å². The molecule has 0 saturated heterocycles. The summed E-state index contributed by atoms with van der Waals surface area (Å²) in [6, 6.07) is 5.78. The molecule has 0 bridgehead atoms. The summed E-state index contributed by atoms with van der Waals surface area (Å²) in [6.07, 6.45) is 0. The molecule has 21 heavy (non-hydrogen) atoms. The van der Waals surface area contributed by atoms with Crippen molar-refractivity contribution in [3.05, 3.63) is 41.3 Å². The van der Waals surface area contributed by atoms with Crippen LogP contribution in [0, 0.1) is 0 Å². The summed E-state index contributed by atoms with van der Waals surface area (Å²) in [5, 5.41) is 5.18. The largest absolute Gasteiger partial charge is 0.497 e. The van der Waals surface area contributed by atoms with E-state index in [-0.39, 0.29) is 11.7 Å². The zero-order valence-corrected chi connectivity index (χ0v) is 12.2. The van der Waals surface area contributed by atoms with E-state index in [9.17, 15) is 9.59 Å². The summed E-state index contributed by atoms with van der Waals surface area (Å²) >= 11 is 0. The van der Waals surface area contributed by atoms with Crippen LogP contribution in [0.2, 0.25) is 0 Å². The number of ether oxygens (including phenoxy) is 2. The third-order valence-corrected chi connectivity index (χ3v) is 3.21. The summed E-state index contributed by atoms with van der Waals surface area (Å²) in [5.41, 5.74) is 1.07. The number of ketones is 1. The molecular weight excluding hydrogens is 272 g/mol.